The van der Waals surface area contributed by atoms with Crippen molar-refractivity contribution in [3.63, 3.8) is 0 Å². The van der Waals surface area contributed by atoms with E-state index >= 15 is 0 Å². The van der Waals surface area contributed by atoms with E-state index in [1.54, 1.807) is 18.2 Å². The van der Waals surface area contributed by atoms with Gasteiger partial charge in [0.2, 0.25) is 0 Å². The monoisotopic (exact) mass is 281 g/mol. The number of hydrogen-bond acceptors (Lipinski definition) is 2. The van der Waals surface area contributed by atoms with E-state index in [2.05, 4.69) is 19.2 Å². The highest BCUT2D eigenvalue weighted by molar-refractivity contribution is 6.33. The van der Waals surface area contributed by atoms with Crippen molar-refractivity contribution in [3.05, 3.63) is 28.8 Å². The van der Waals surface area contributed by atoms with E-state index < -0.39 is 5.97 Å². The van der Waals surface area contributed by atoms with E-state index in [4.69, 9.17) is 16.7 Å². The molecule has 3 nitrogen and oxygen atoms in total. The fourth-order valence-electron chi connectivity index (χ4n) is 2.74. The molecule has 0 amide bonds. The maximum absolute atomic E-state index is 10.9. The summed E-state index contributed by atoms with van der Waals surface area (Å²) in [5, 5.41) is 12.7. The zero-order valence-electron chi connectivity index (χ0n) is 11.4. The van der Waals surface area contributed by atoms with Crippen molar-refractivity contribution in [1.82, 2.24) is 0 Å². The summed E-state index contributed by atoms with van der Waals surface area (Å²) in [6, 6.07) is 5.46. The maximum atomic E-state index is 10.9. The molecule has 0 saturated heterocycles. The summed E-state index contributed by atoms with van der Waals surface area (Å²) in [4.78, 5) is 10.9. The van der Waals surface area contributed by atoms with Gasteiger partial charge in [-0.15, -0.1) is 0 Å². The summed E-state index contributed by atoms with van der Waals surface area (Å²) in [5.74, 6) is -0.991. The number of carboxylic acid groups (broad SMARTS) is 1. The van der Waals surface area contributed by atoms with Gasteiger partial charge in [0.15, 0.2) is 0 Å². The van der Waals surface area contributed by atoms with E-state index in [1.165, 1.54) is 19.3 Å². The lowest BCUT2D eigenvalue weighted by atomic mass is 9.73. The molecule has 0 aromatic heterocycles. The Balaban J connectivity index is 2.15. The van der Waals surface area contributed by atoms with Crippen molar-refractivity contribution in [1.29, 1.82) is 0 Å². The molecule has 0 aliphatic heterocycles. The Hall–Kier alpha value is -1.22. The van der Waals surface area contributed by atoms with E-state index in [1.807, 2.05) is 0 Å². The second-order valence-electron chi connectivity index (χ2n) is 5.93. The molecule has 1 unspecified atom stereocenters. The standard InChI is InChI=1S/C15H20ClNO2/c1-15(2)8-4-3-5-13(15)17-10-6-7-11(14(18)19)12(16)9-10/h6-7,9,13,17H,3-5,8H2,1-2H3,(H,18,19). The minimum atomic E-state index is -0.991. The molecule has 1 atom stereocenters. The van der Waals surface area contributed by atoms with Crippen molar-refractivity contribution >= 4 is 23.3 Å². The Labute approximate surface area is 119 Å². The average molecular weight is 282 g/mol. The van der Waals surface area contributed by atoms with Crippen LogP contribution in [0.2, 0.25) is 5.02 Å². The summed E-state index contributed by atoms with van der Waals surface area (Å²) >= 11 is 5.99. The number of hydrogen-bond donors (Lipinski definition) is 2. The second kappa shape index (κ2) is 5.41. The summed E-state index contributed by atoms with van der Waals surface area (Å²) < 4.78 is 0. The molecule has 4 heteroatoms. The molecular formula is C15H20ClNO2. The Morgan fingerprint density at radius 3 is 2.74 bits per heavy atom. The number of benzene rings is 1. The SMILES string of the molecule is CC1(C)CCCCC1Nc1ccc(C(=O)O)c(Cl)c1. The van der Waals surface area contributed by atoms with Gasteiger partial charge in [0.1, 0.15) is 0 Å². The van der Waals surface area contributed by atoms with Crippen LogP contribution in [0.5, 0.6) is 0 Å². The quantitative estimate of drug-likeness (QED) is 0.862. The van der Waals surface area contributed by atoms with Crippen LogP contribution in [0.4, 0.5) is 5.69 Å². The Bertz CT molecular complexity index is 485. The summed E-state index contributed by atoms with van der Waals surface area (Å²) in [6.07, 6.45) is 4.88. The van der Waals surface area contributed by atoms with Crippen LogP contribution < -0.4 is 5.32 Å². The van der Waals surface area contributed by atoms with Crippen LogP contribution >= 0.6 is 11.6 Å². The molecule has 2 N–H and O–H groups in total. The van der Waals surface area contributed by atoms with Gasteiger partial charge in [0, 0.05) is 11.7 Å². The van der Waals surface area contributed by atoms with Crippen molar-refractivity contribution in [2.24, 2.45) is 5.41 Å². The first-order chi connectivity index (χ1) is 8.90. The van der Waals surface area contributed by atoms with Gasteiger partial charge in [-0.3, -0.25) is 0 Å². The molecule has 2 rings (SSSR count). The number of aromatic carboxylic acids is 1. The fraction of sp³-hybridized carbons (Fsp3) is 0.533. The lowest BCUT2D eigenvalue weighted by Crippen LogP contribution is -2.38. The Morgan fingerprint density at radius 1 is 1.42 bits per heavy atom. The highest BCUT2D eigenvalue weighted by atomic mass is 35.5. The third-order valence-corrected chi connectivity index (χ3v) is 4.36. The van der Waals surface area contributed by atoms with Crippen molar-refractivity contribution in [2.75, 3.05) is 5.32 Å². The van der Waals surface area contributed by atoms with Crippen LogP contribution in [0, 0.1) is 5.41 Å². The van der Waals surface area contributed by atoms with E-state index in [0.29, 0.717) is 6.04 Å². The van der Waals surface area contributed by atoms with Crippen LogP contribution in [0.15, 0.2) is 18.2 Å². The number of carboxylic acids is 1. The van der Waals surface area contributed by atoms with Gasteiger partial charge >= 0.3 is 5.97 Å². The van der Waals surface area contributed by atoms with E-state index in [0.717, 1.165) is 12.1 Å². The smallest absolute Gasteiger partial charge is 0.337 e. The molecular weight excluding hydrogens is 262 g/mol. The van der Waals surface area contributed by atoms with Gasteiger partial charge < -0.3 is 10.4 Å². The molecule has 104 valence electrons. The number of rotatable bonds is 3. The van der Waals surface area contributed by atoms with Crippen LogP contribution in [0.1, 0.15) is 49.9 Å². The number of nitrogens with one attached hydrogen (secondary N) is 1. The zero-order valence-corrected chi connectivity index (χ0v) is 12.1. The van der Waals surface area contributed by atoms with Crippen molar-refractivity contribution in [2.45, 2.75) is 45.6 Å². The second-order valence-corrected chi connectivity index (χ2v) is 6.34. The maximum Gasteiger partial charge on any atom is 0.337 e. The molecule has 0 heterocycles. The highest BCUT2D eigenvalue weighted by Gasteiger charge is 2.32. The fourth-order valence-corrected chi connectivity index (χ4v) is 3.00. The van der Waals surface area contributed by atoms with Crippen LogP contribution in [-0.2, 0) is 0 Å². The molecule has 0 radical (unpaired) electrons. The number of anilines is 1. The molecule has 1 saturated carbocycles. The number of carbonyl (C=O) groups is 1. The van der Waals surface area contributed by atoms with E-state index in [9.17, 15) is 4.79 Å². The molecule has 19 heavy (non-hydrogen) atoms. The Kier molecular flexibility index (Phi) is 4.04. The van der Waals surface area contributed by atoms with Gasteiger partial charge in [-0.2, -0.15) is 0 Å². The first-order valence-electron chi connectivity index (χ1n) is 6.69. The molecule has 1 aromatic carbocycles. The predicted molar refractivity (Wildman–Crippen MR) is 78.1 cm³/mol. The minimum absolute atomic E-state index is 0.148. The lowest BCUT2D eigenvalue weighted by molar-refractivity contribution is 0.0697. The van der Waals surface area contributed by atoms with Crippen molar-refractivity contribution < 1.29 is 9.90 Å². The average Bonchev–Trinajstić information content (AvgIpc) is 2.31. The third-order valence-electron chi connectivity index (χ3n) is 4.05. The minimum Gasteiger partial charge on any atom is -0.478 e. The largest absolute Gasteiger partial charge is 0.478 e. The topological polar surface area (TPSA) is 49.3 Å². The third kappa shape index (κ3) is 3.21. The zero-order chi connectivity index (χ0) is 14.0. The summed E-state index contributed by atoms with van der Waals surface area (Å²) in [5.41, 5.74) is 1.31. The van der Waals surface area contributed by atoms with Crippen LogP contribution in [-0.4, -0.2) is 17.1 Å². The van der Waals surface area contributed by atoms with Gasteiger partial charge in [0.05, 0.1) is 10.6 Å². The molecule has 0 bridgehead atoms. The normalized spacial score (nSPS) is 21.9. The summed E-state index contributed by atoms with van der Waals surface area (Å²) in [7, 11) is 0. The Morgan fingerprint density at radius 2 is 2.16 bits per heavy atom. The van der Waals surface area contributed by atoms with Gasteiger partial charge in [0.25, 0.3) is 0 Å². The molecule has 1 fully saturated rings. The molecule has 1 aromatic rings. The van der Waals surface area contributed by atoms with Gasteiger partial charge in [-0.25, -0.2) is 4.79 Å². The highest BCUT2D eigenvalue weighted by Crippen LogP contribution is 2.37. The first kappa shape index (κ1) is 14.2. The van der Waals surface area contributed by atoms with Crippen LogP contribution in [0.25, 0.3) is 0 Å². The van der Waals surface area contributed by atoms with Gasteiger partial charge in [-0.1, -0.05) is 38.3 Å². The van der Waals surface area contributed by atoms with E-state index in [-0.39, 0.29) is 16.0 Å². The molecule has 0 spiro atoms. The van der Waals surface area contributed by atoms with Crippen LogP contribution in [0.3, 0.4) is 0 Å². The predicted octanol–water partition coefficient (Wildman–Crippen LogP) is 4.42. The molecule has 1 aliphatic carbocycles. The molecule has 1 aliphatic rings. The van der Waals surface area contributed by atoms with Gasteiger partial charge in [-0.05, 0) is 36.5 Å². The first-order valence-corrected chi connectivity index (χ1v) is 7.07. The number of halogens is 1. The summed E-state index contributed by atoms with van der Waals surface area (Å²) in [6.45, 7) is 4.55. The lowest BCUT2D eigenvalue weighted by Gasteiger charge is -2.39. The van der Waals surface area contributed by atoms with Crippen molar-refractivity contribution in [3.8, 4) is 0 Å².